The Bertz CT molecular complexity index is 393. The highest BCUT2D eigenvalue weighted by Crippen LogP contribution is 2.44. The number of benzene rings is 1. The highest BCUT2D eigenvalue weighted by Gasteiger charge is 2.41. The van der Waals surface area contributed by atoms with E-state index in [0.717, 1.165) is 24.3 Å². The van der Waals surface area contributed by atoms with Crippen LogP contribution in [0, 0.1) is 5.41 Å². The Labute approximate surface area is 103 Å². The fraction of sp³-hybridized carbons (Fsp3) is 0.500. The number of hydrogen-bond acceptors (Lipinski definition) is 3. The molecule has 3 heteroatoms. The first-order valence-electron chi connectivity index (χ1n) is 6.15. The third kappa shape index (κ3) is 3.07. The van der Waals surface area contributed by atoms with Crippen LogP contribution in [0.3, 0.4) is 0 Å². The van der Waals surface area contributed by atoms with Crippen LogP contribution < -0.4 is 10.6 Å². The van der Waals surface area contributed by atoms with Gasteiger partial charge in [-0.3, -0.25) is 4.79 Å². The van der Waals surface area contributed by atoms with Crippen molar-refractivity contribution in [1.82, 2.24) is 5.32 Å². The molecule has 1 aliphatic carbocycles. The largest absolute Gasteiger partial charge is 0.384 e. The Hall–Kier alpha value is -1.35. The molecule has 0 radical (unpaired) electrons. The van der Waals surface area contributed by atoms with Gasteiger partial charge in [-0.2, -0.15) is 0 Å². The Morgan fingerprint density at radius 3 is 2.35 bits per heavy atom. The molecule has 0 aromatic heterocycles. The summed E-state index contributed by atoms with van der Waals surface area (Å²) in [4.78, 5) is 11.1. The SMILES string of the molecule is CNCC1(CNc2ccc(C(C)=O)cc2)CC1. The molecule has 0 aliphatic heterocycles. The summed E-state index contributed by atoms with van der Waals surface area (Å²) in [6, 6.07) is 7.71. The summed E-state index contributed by atoms with van der Waals surface area (Å²) in [5, 5.41) is 6.69. The second-order valence-electron chi connectivity index (χ2n) is 5.02. The van der Waals surface area contributed by atoms with Crippen LogP contribution in [0.1, 0.15) is 30.1 Å². The summed E-state index contributed by atoms with van der Waals surface area (Å²) in [6.45, 7) is 3.67. The quantitative estimate of drug-likeness (QED) is 0.739. The van der Waals surface area contributed by atoms with Crippen molar-refractivity contribution in [1.29, 1.82) is 0 Å². The highest BCUT2D eigenvalue weighted by molar-refractivity contribution is 5.94. The van der Waals surface area contributed by atoms with Gasteiger partial charge in [0.15, 0.2) is 5.78 Å². The Balaban J connectivity index is 1.89. The third-order valence-corrected chi connectivity index (χ3v) is 3.47. The zero-order chi connectivity index (χ0) is 12.3. The van der Waals surface area contributed by atoms with E-state index < -0.39 is 0 Å². The molecule has 2 rings (SSSR count). The first kappa shape index (κ1) is 12.1. The van der Waals surface area contributed by atoms with Crippen molar-refractivity contribution in [2.24, 2.45) is 5.41 Å². The van der Waals surface area contributed by atoms with Gasteiger partial charge in [0.2, 0.25) is 0 Å². The van der Waals surface area contributed by atoms with Gasteiger partial charge in [0, 0.05) is 29.8 Å². The van der Waals surface area contributed by atoms with Gasteiger partial charge in [0.1, 0.15) is 0 Å². The summed E-state index contributed by atoms with van der Waals surface area (Å²) < 4.78 is 0. The Morgan fingerprint density at radius 2 is 1.88 bits per heavy atom. The number of Topliss-reactive ketones (excluding diaryl/α,β-unsaturated/α-hetero) is 1. The van der Waals surface area contributed by atoms with Gasteiger partial charge >= 0.3 is 0 Å². The molecule has 1 saturated carbocycles. The van der Waals surface area contributed by atoms with Crippen LogP contribution in [0.15, 0.2) is 24.3 Å². The predicted molar refractivity (Wildman–Crippen MR) is 70.5 cm³/mol. The van der Waals surface area contributed by atoms with Crippen LogP contribution in [0.5, 0.6) is 0 Å². The maximum absolute atomic E-state index is 11.1. The van der Waals surface area contributed by atoms with Crippen LogP contribution in [-0.2, 0) is 0 Å². The van der Waals surface area contributed by atoms with Crippen LogP contribution in [0.2, 0.25) is 0 Å². The minimum atomic E-state index is 0.116. The Kier molecular flexibility index (Phi) is 3.48. The molecule has 17 heavy (non-hydrogen) atoms. The standard InChI is InChI=1S/C14H20N2O/c1-11(17)12-3-5-13(6-4-12)16-10-14(7-8-14)9-15-2/h3-6,15-16H,7-10H2,1-2H3. The van der Waals surface area contributed by atoms with Gasteiger partial charge in [0.05, 0.1) is 0 Å². The summed E-state index contributed by atoms with van der Waals surface area (Å²) in [7, 11) is 2.00. The molecule has 92 valence electrons. The number of rotatable bonds is 6. The number of ketones is 1. The molecule has 3 nitrogen and oxygen atoms in total. The van der Waals surface area contributed by atoms with Gasteiger partial charge in [-0.25, -0.2) is 0 Å². The molecule has 0 bridgehead atoms. The summed E-state index contributed by atoms with van der Waals surface area (Å²) in [5.74, 6) is 0.116. The van der Waals surface area contributed by atoms with Crippen molar-refractivity contribution in [3.63, 3.8) is 0 Å². The van der Waals surface area contributed by atoms with E-state index in [9.17, 15) is 4.79 Å². The molecule has 0 spiro atoms. The molecule has 1 aromatic carbocycles. The lowest BCUT2D eigenvalue weighted by atomic mass is 10.1. The van der Waals surface area contributed by atoms with Crippen LogP contribution >= 0.6 is 0 Å². The third-order valence-electron chi connectivity index (χ3n) is 3.47. The monoisotopic (exact) mass is 232 g/mol. The molecule has 2 N–H and O–H groups in total. The number of carbonyl (C=O) groups is 1. The fourth-order valence-electron chi connectivity index (χ4n) is 2.08. The normalized spacial score (nSPS) is 16.6. The first-order valence-corrected chi connectivity index (χ1v) is 6.15. The molecule has 0 unspecified atom stereocenters. The molecule has 0 amide bonds. The van der Waals surface area contributed by atoms with Crippen LogP contribution in [-0.4, -0.2) is 25.9 Å². The van der Waals surface area contributed by atoms with Crippen molar-refractivity contribution in [3.8, 4) is 0 Å². The molecule has 1 aromatic rings. The van der Waals surface area contributed by atoms with E-state index in [1.54, 1.807) is 6.92 Å². The van der Waals surface area contributed by atoms with E-state index in [1.165, 1.54) is 12.8 Å². The van der Waals surface area contributed by atoms with E-state index in [0.29, 0.717) is 5.41 Å². The van der Waals surface area contributed by atoms with E-state index in [-0.39, 0.29) is 5.78 Å². The van der Waals surface area contributed by atoms with Crippen molar-refractivity contribution >= 4 is 11.5 Å². The van der Waals surface area contributed by atoms with Crippen LogP contribution in [0.25, 0.3) is 0 Å². The number of anilines is 1. The maximum atomic E-state index is 11.1. The number of carbonyl (C=O) groups excluding carboxylic acids is 1. The molecule has 0 saturated heterocycles. The minimum absolute atomic E-state index is 0.116. The van der Waals surface area contributed by atoms with Gasteiger partial charge in [-0.15, -0.1) is 0 Å². The average molecular weight is 232 g/mol. The lowest BCUT2D eigenvalue weighted by molar-refractivity contribution is 0.101. The second kappa shape index (κ2) is 4.88. The van der Waals surface area contributed by atoms with E-state index in [4.69, 9.17) is 0 Å². The molecular weight excluding hydrogens is 212 g/mol. The van der Waals surface area contributed by atoms with E-state index in [2.05, 4.69) is 10.6 Å². The summed E-state index contributed by atoms with van der Waals surface area (Å²) in [6.07, 6.45) is 2.60. The van der Waals surface area contributed by atoms with Crippen molar-refractivity contribution in [3.05, 3.63) is 29.8 Å². The van der Waals surface area contributed by atoms with Gasteiger partial charge in [-0.05, 0) is 51.1 Å². The zero-order valence-corrected chi connectivity index (χ0v) is 10.5. The molecule has 1 fully saturated rings. The lowest BCUT2D eigenvalue weighted by Crippen LogP contribution is -2.26. The number of nitrogens with one attached hydrogen (secondary N) is 2. The summed E-state index contributed by atoms with van der Waals surface area (Å²) >= 11 is 0. The van der Waals surface area contributed by atoms with Gasteiger partial charge < -0.3 is 10.6 Å². The molecule has 0 heterocycles. The Morgan fingerprint density at radius 1 is 1.24 bits per heavy atom. The van der Waals surface area contributed by atoms with E-state index >= 15 is 0 Å². The van der Waals surface area contributed by atoms with Gasteiger partial charge in [0.25, 0.3) is 0 Å². The number of hydrogen-bond donors (Lipinski definition) is 2. The first-order chi connectivity index (χ1) is 8.15. The fourth-order valence-corrected chi connectivity index (χ4v) is 2.08. The van der Waals surface area contributed by atoms with E-state index in [1.807, 2.05) is 31.3 Å². The predicted octanol–water partition coefficient (Wildman–Crippen LogP) is 2.30. The van der Waals surface area contributed by atoms with Gasteiger partial charge in [-0.1, -0.05) is 0 Å². The maximum Gasteiger partial charge on any atom is 0.159 e. The second-order valence-corrected chi connectivity index (χ2v) is 5.02. The molecule has 0 atom stereocenters. The smallest absolute Gasteiger partial charge is 0.159 e. The zero-order valence-electron chi connectivity index (χ0n) is 10.5. The average Bonchev–Trinajstić information content (AvgIpc) is 3.08. The molecule has 1 aliphatic rings. The van der Waals surface area contributed by atoms with Crippen molar-refractivity contribution < 1.29 is 4.79 Å². The highest BCUT2D eigenvalue weighted by atomic mass is 16.1. The summed E-state index contributed by atoms with van der Waals surface area (Å²) in [5.41, 5.74) is 2.32. The lowest BCUT2D eigenvalue weighted by Gasteiger charge is -2.16. The minimum Gasteiger partial charge on any atom is -0.384 e. The topological polar surface area (TPSA) is 41.1 Å². The van der Waals surface area contributed by atoms with Crippen molar-refractivity contribution in [2.75, 3.05) is 25.5 Å². The van der Waals surface area contributed by atoms with Crippen LogP contribution in [0.4, 0.5) is 5.69 Å². The van der Waals surface area contributed by atoms with Crippen molar-refractivity contribution in [2.45, 2.75) is 19.8 Å². The molecular formula is C14H20N2O.